The lowest BCUT2D eigenvalue weighted by molar-refractivity contribution is -0.120. The van der Waals surface area contributed by atoms with Crippen LogP contribution in [-0.2, 0) is 11.3 Å². The Morgan fingerprint density at radius 1 is 1.07 bits per heavy atom. The number of nitrogens with one attached hydrogen (secondary N) is 2. The van der Waals surface area contributed by atoms with Crippen LogP contribution < -0.4 is 16.2 Å². The van der Waals surface area contributed by atoms with Gasteiger partial charge in [0.05, 0.1) is 12.6 Å². The fraction of sp³-hybridized carbons (Fsp3) is 0.387. The highest BCUT2D eigenvalue weighted by atomic mass is 19.2. The number of amides is 2. The summed E-state index contributed by atoms with van der Waals surface area (Å²) in [5, 5.41) is 5.18. The Kier molecular flexibility index (Phi) is 8.83. The molecule has 1 unspecified atom stereocenters. The zero-order valence-corrected chi connectivity index (χ0v) is 23.6. The van der Waals surface area contributed by atoms with Crippen molar-refractivity contribution in [1.82, 2.24) is 20.1 Å². The van der Waals surface area contributed by atoms with Crippen LogP contribution in [0.15, 0.2) is 47.4 Å². The van der Waals surface area contributed by atoms with Gasteiger partial charge in [-0.3, -0.25) is 14.4 Å². The number of benzene rings is 2. The minimum absolute atomic E-state index is 0.0316. The van der Waals surface area contributed by atoms with E-state index in [1.165, 1.54) is 16.7 Å². The number of rotatable bonds is 9. The van der Waals surface area contributed by atoms with Gasteiger partial charge in [0.2, 0.25) is 5.91 Å². The first-order valence-corrected chi connectivity index (χ1v) is 13.5. The van der Waals surface area contributed by atoms with Crippen molar-refractivity contribution in [3.8, 4) is 11.1 Å². The van der Waals surface area contributed by atoms with Gasteiger partial charge >= 0.3 is 0 Å². The molecule has 2 N–H and O–H groups in total. The molecule has 1 atom stereocenters. The van der Waals surface area contributed by atoms with Crippen molar-refractivity contribution in [1.29, 1.82) is 0 Å². The Hall–Kier alpha value is -3.85. The van der Waals surface area contributed by atoms with Gasteiger partial charge in [-0.1, -0.05) is 24.6 Å². The number of likely N-dealkylation sites (tertiary alicyclic amines) is 1. The van der Waals surface area contributed by atoms with Crippen LogP contribution in [0.1, 0.15) is 52.0 Å². The van der Waals surface area contributed by atoms with Gasteiger partial charge in [0.25, 0.3) is 11.5 Å². The third kappa shape index (κ3) is 6.31. The monoisotopic (exact) mass is 550 g/mol. The number of aryl methyl sites for hydroxylation is 3. The Balaban J connectivity index is 1.46. The van der Waals surface area contributed by atoms with Gasteiger partial charge in [-0.15, -0.1) is 0 Å². The summed E-state index contributed by atoms with van der Waals surface area (Å²) in [5.74, 6) is -2.92. The lowest BCUT2D eigenvalue weighted by atomic mass is 9.91. The molecule has 2 heterocycles. The van der Waals surface area contributed by atoms with Gasteiger partial charge in [0.15, 0.2) is 11.6 Å². The SMILES string of the molecule is CCC(NC(=O)CNC(=O)c1cccn(CC2CN(C)C2)c1=O)c1cc(-c2c(C)cc(C)cc2C)cc(F)c1F. The lowest BCUT2D eigenvalue weighted by Crippen LogP contribution is -2.47. The molecular weight excluding hydrogens is 514 g/mol. The maximum Gasteiger partial charge on any atom is 0.263 e. The van der Waals surface area contributed by atoms with Crippen LogP contribution in [0.5, 0.6) is 0 Å². The molecule has 2 amide bonds. The summed E-state index contributed by atoms with van der Waals surface area (Å²) in [6.07, 6.45) is 1.95. The maximum atomic E-state index is 15.0. The third-order valence-electron chi connectivity index (χ3n) is 7.41. The Bertz CT molecular complexity index is 1470. The average Bonchev–Trinajstić information content (AvgIpc) is 2.87. The van der Waals surface area contributed by atoms with Gasteiger partial charge in [-0.05, 0) is 80.8 Å². The highest BCUT2D eigenvalue weighted by molar-refractivity contribution is 5.96. The van der Waals surface area contributed by atoms with Crippen molar-refractivity contribution < 1.29 is 18.4 Å². The fourth-order valence-corrected chi connectivity index (χ4v) is 5.62. The summed E-state index contributed by atoms with van der Waals surface area (Å²) >= 11 is 0. The number of pyridine rings is 1. The summed E-state index contributed by atoms with van der Waals surface area (Å²) in [4.78, 5) is 40.5. The summed E-state index contributed by atoms with van der Waals surface area (Å²) in [5.41, 5.74) is 3.85. The van der Waals surface area contributed by atoms with Crippen molar-refractivity contribution in [3.63, 3.8) is 0 Å². The number of aromatic nitrogens is 1. The van der Waals surface area contributed by atoms with Crippen molar-refractivity contribution in [2.24, 2.45) is 5.92 Å². The molecule has 1 aromatic heterocycles. The molecule has 40 heavy (non-hydrogen) atoms. The molecule has 3 aromatic rings. The second-order valence-corrected chi connectivity index (χ2v) is 10.8. The van der Waals surface area contributed by atoms with Crippen LogP contribution >= 0.6 is 0 Å². The molecule has 4 rings (SSSR count). The molecule has 0 bridgehead atoms. The fourth-order valence-electron chi connectivity index (χ4n) is 5.62. The van der Waals surface area contributed by atoms with Crippen LogP contribution in [-0.4, -0.2) is 48.0 Å². The lowest BCUT2D eigenvalue weighted by Gasteiger charge is -2.36. The summed E-state index contributed by atoms with van der Waals surface area (Å²) < 4.78 is 31.2. The van der Waals surface area contributed by atoms with Crippen molar-refractivity contribution >= 4 is 11.8 Å². The molecular formula is C31H36F2N4O3. The van der Waals surface area contributed by atoms with E-state index in [4.69, 9.17) is 0 Å². The normalized spacial score (nSPS) is 14.5. The first-order chi connectivity index (χ1) is 19.0. The van der Waals surface area contributed by atoms with Crippen molar-refractivity contribution in [2.75, 3.05) is 26.7 Å². The predicted molar refractivity (Wildman–Crippen MR) is 151 cm³/mol. The summed E-state index contributed by atoms with van der Waals surface area (Å²) in [7, 11) is 2.00. The number of hydrogen-bond acceptors (Lipinski definition) is 4. The zero-order valence-electron chi connectivity index (χ0n) is 23.6. The van der Waals surface area contributed by atoms with E-state index < -0.39 is 41.6 Å². The highest BCUT2D eigenvalue weighted by Crippen LogP contribution is 2.33. The molecule has 1 aliphatic heterocycles. The number of halogens is 2. The Morgan fingerprint density at radius 2 is 1.75 bits per heavy atom. The van der Waals surface area contributed by atoms with Gasteiger partial charge < -0.3 is 20.1 Å². The summed E-state index contributed by atoms with van der Waals surface area (Å²) in [6, 6.07) is 8.95. The minimum atomic E-state index is -1.02. The second kappa shape index (κ2) is 12.1. The van der Waals surface area contributed by atoms with E-state index in [9.17, 15) is 23.2 Å². The first-order valence-electron chi connectivity index (χ1n) is 13.5. The maximum absolute atomic E-state index is 15.0. The van der Waals surface area contributed by atoms with E-state index in [-0.39, 0.29) is 11.1 Å². The molecule has 1 aliphatic rings. The van der Waals surface area contributed by atoms with Gasteiger partial charge in [0.1, 0.15) is 5.56 Å². The molecule has 212 valence electrons. The van der Waals surface area contributed by atoms with Crippen LogP contribution in [0.2, 0.25) is 0 Å². The van der Waals surface area contributed by atoms with E-state index in [1.54, 1.807) is 25.3 Å². The molecule has 0 saturated carbocycles. The number of carbonyl (C=O) groups excluding carboxylic acids is 2. The first kappa shape index (κ1) is 29.1. The predicted octanol–water partition coefficient (Wildman–Crippen LogP) is 4.28. The van der Waals surface area contributed by atoms with Crippen LogP contribution in [0, 0.1) is 38.3 Å². The van der Waals surface area contributed by atoms with Crippen molar-refractivity contribution in [3.05, 3.63) is 92.4 Å². The Labute approximate surface area is 233 Å². The van der Waals surface area contributed by atoms with E-state index in [0.29, 0.717) is 24.4 Å². The van der Waals surface area contributed by atoms with Gasteiger partial charge in [-0.2, -0.15) is 0 Å². The molecule has 1 fully saturated rings. The quantitative estimate of drug-likeness (QED) is 0.417. The molecule has 1 saturated heterocycles. The van der Waals surface area contributed by atoms with Crippen LogP contribution in [0.25, 0.3) is 11.1 Å². The average molecular weight is 551 g/mol. The molecule has 9 heteroatoms. The summed E-state index contributed by atoms with van der Waals surface area (Å²) in [6.45, 7) is 9.45. The highest BCUT2D eigenvalue weighted by Gasteiger charge is 2.25. The van der Waals surface area contributed by atoms with E-state index >= 15 is 0 Å². The molecule has 2 aromatic carbocycles. The van der Waals surface area contributed by atoms with E-state index in [1.807, 2.05) is 40.0 Å². The standard InChI is InChI=1S/C31H36F2N4O3/c1-6-26(24-12-22(13-25(32)29(24)33)28-19(3)10-18(2)11-20(28)4)35-27(38)14-34-30(39)23-8-7-9-37(31(23)40)17-21-15-36(5)16-21/h7-13,21,26H,6,14-17H2,1-5H3,(H,34,39)(H,35,38). The minimum Gasteiger partial charge on any atom is -0.348 e. The smallest absolute Gasteiger partial charge is 0.263 e. The van der Waals surface area contributed by atoms with Gasteiger partial charge in [-0.25, -0.2) is 8.78 Å². The zero-order chi connectivity index (χ0) is 29.1. The largest absolute Gasteiger partial charge is 0.348 e. The third-order valence-corrected chi connectivity index (χ3v) is 7.41. The Morgan fingerprint density at radius 3 is 2.38 bits per heavy atom. The molecule has 0 aliphatic carbocycles. The second-order valence-electron chi connectivity index (χ2n) is 10.8. The van der Waals surface area contributed by atoms with E-state index in [0.717, 1.165) is 35.3 Å². The van der Waals surface area contributed by atoms with E-state index in [2.05, 4.69) is 15.5 Å². The molecule has 0 spiro atoms. The number of nitrogens with zero attached hydrogens (tertiary/aromatic N) is 2. The van der Waals surface area contributed by atoms with Crippen molar-refractivity contribution in [2.45, 2.75) is 46.7 Å². The molecule has 0 radical (unpaired) electrons. The number of hydrogen-bond donors (Lipinski definition) is 2. The van der Waals surface area contributed by atoms with Crippen LogP contribution in [0.4, 0.5) is 8.78 Å². The van der Waals surface area contributed by atoms with Crippen LogP contribution in [0.3, 0.4) is 0 Å². The molecule has 7 nitrogen and oxygen atoms in total. The number of carbonyl (C=O) groups is 2. The topological polar surface area (TPSA) is 83.4 Å². The van der Waals surface area contributed by atoms with Gasteiger partial charge in [0, 0.05) is 37.3 Å².